The summed E-state index contributed by atoms with van der Waals surface area (Å²) < 4.78 is 13.4. The van der Waals surface area contributed by atoms with Gasteiger partial charge in [-0.25, -0.2) is 14.4 Å². The number of halogens is 1. The van der Waals surface area contributed by atoms with Crippen LogP contribution in [-0.2, 0) is 0 Å². The molecule has 3 heteroatoms. The summed E-state index contributed by atoms with van der Waals surface area (Å²) >= 11 is 0. The molecule has 76 valence electrons. The molecule has 1 fully saturated rings. The van der Waals surface area contributed by atoms with E-state index in [9.17, 15) is 4.39 Å². The maximum atomic E-state index is 13.4. The lowest BCUT2D eigenvalue weighted by atomic mass is 10.1. The van der Waals surface area contributed by atoms with Crippen molar-refractivity contribution in [2.24, 2.45) is 0 Å². The summed E-state index contributed by atoms with van der Waals surface area (Å²) in [5, 5.41) is 0. The van der Waals surface area contributed by atoms with E-state index in [1.807, 2.05) is 6.07 Å². The van der Waals surface area contributed by atoms with Gasteiger partial charge in [0.2, 0.25) is 0 Å². The molecule has 1 saturated carbocycles. The van der Waals surface area contributed by atoms with Crippen molar-refractivity contribution in [2.75, 3.05) is 0 Å². The van der Waals surface area contributed by atoms with E-state index in [0.29, 0.717) is 18.2 Å². The molecule has 1 aliphatic carbocycles. The average molecular weight is 194 g/mol. The van der Waals surface area contributed by atoms with Crippen LogP contribution in [0.5, 0.6) is 0 Å². The maximum Gasteiger partial charge on any atom is 0.134 e. The number of rotatable bonds is 2. The summed E-state index contributed by atoms with van der Waals surface area (Å²) in [4.78, 5) is 8.51. The van der Waals surface area contributed by atoms with Crippen LogP contribution in [0.3, 0.4) is 0 Å². The van der Waals surface area contributed by atoms with Gasteiger partial charge in [0.15, 0.2) is 0 Å². The van der Waals surface area contributed by atoms with E-state index in [1.54, 1.807) is 13.1 Å². The quantitative estimate of drug-likeness (QED) is 0.723. The lowest BCUT2D eigenvalue weighted by molar-refractivity contribution is 0.325. The summed E-state index contributed by atoms with van der Waals surface area (Å²) in [5.74, 6) is 0.962. The number of aromatic nitrogens is 2. The molecular weight excluding hydrogens is 179 g/mol. The average Bonchev–Trinajstić information content (AvgIpc) is 2.75. The fraction of sp³-hybridized carbons (Fsp3) is 0.636. The van der Waals surface area contributed by atoms with E-state index in [1.165, 1.54) is 0 Å². The highest BCUT2D eigenvalue weighted by atomic mass is 19.1. The predicted octanol–water partition coefficient (Wildman–Crippen LogP) is 2.82. The summed E-state index contributed by atoms with van der Waals surface area (Å²) in [6, 6.07) is 1.89. The fourth-order valence-corrected chi connectivity index (χ4v) is 1.58. The van der Waals surface area contributed by atoms with E-state index < -0.39 is 5.67 Å². The molecule has 1 unspecified atom stereocenters. The van der Waals surface area contributed by atoms with Crippen LogP contribution in [0.4, 0.5) is 4.39 Å². The first kappa shape index (κ1) is 9.56. The second-order valence-electron chi connectivity index (χ2n) is 4.53. The Labute approximate surface area is 83.6 Å². The Bertz CT molecular complexity index is 347. The Balaban J connectivity index is 2.24. The van der Waals surface area contributed by atoms with E-state index in [0.717, 1.165) is 5.69 Å². The highest BCUT2D eigenvalue weighted by Crippen LogP contribution is 2.52. The van der Waals surface area contributed by atoms with Gasteiger partial charge in [0.1, 0.15) is 11.5 Å². The maximum absolute atomic E-state index is 13.4. The second-order valence-corrected chi connectivity index (χ2v) is 4.53. The lowest BCUT2D eigenvalue weighted by Gasteiger charge is -2.06. The topological polar surface area (TPSA) is 25.8 Å². The van der Waals surface area contributed by atoms with Crippen molar-refractivity contribution in [3.05, 3.63) is 23.8 Å². The Morgan fingerprint density at radius 1 is 1.57 bits per heavy atom. The Morgan fingerprint density at radius 2 is 2.21 bits per heavy atom. The largest absolute Gasteiger partial charge is 0.243 e. The zero-order valence-electron chi connectivity index (χ0n) is 8.79. The number of alkyl halides is 1. The molecule has 0 amide bonds. The second kappa shape index (κ2) is 3.01. The number of nitrogens with zero attached hydrogens (tertiary/aromatic N) is 2. The molecule has 1 aromatic heterocycles. The molecular formula is C11H15FN2. The molecule has 0 saturated heterocycles. The van der Waals surface area contributed by atoms with Crippen LogP contribution < -0.4 is 0 Å². The summed E-state index contributed by atoms with van der Waals surface area (Å²) in [6.45, 7) is 5.77. The van der Waals surface area contributed by atoms with Gasteiger partial charge < -0.3 is 0 Å². The van der Waals surface area contributed by atoms with E-state index in [2.05, 4.69) is 23.8 Å². The minimum Gasteiger partial charge on any atom is -0.243 e. The third kappa shape index (κ3) is 1.63. The van der Waals surface area contributed by atoms with Crippen LogP contribution in [0.1, 0.15) is 50.5 Å². The van der Waals surface area contributed by atoms with Gasteiger partial charge in [-0.05, 0) is 25.3 Å². The highest BCUT2D eigenvalue weighted by molar-refractivity contribution is 5.20. The SMILES string of the molecule is CC(C)c1ccnc([C@@H]2CC2(C)F)n1. The molecule has 1 aliphatic rings. The monoisotopic (exact) mass is 194 g/mol. The highest BCUT2D eigenvalue weighted by Gasteiger charge is 2.53. The van der Waals surface area contributed by atoms with Gasteiger partial charge in [-0.2, -0.15) is 0 Å². The zero-order chi connectivity index (χ0) is 10.3. The molecule has 14 heavy (non-hydrogen) atoms. The van der Waals surface area contributed by atoms with E-state index >= 15 is 0 Å². The van der Waals surface area contributed by atoms with Gasteiger partial charge in [0.05, 0.1) is 5.92 Å². The molecule has 0 aromatic carbocycles. The van der Waals surface area contributed by atoms with Crippen molar-refractivity contribution in [1.82, 2.24) is 9.97 Å². The number of hydrogen-bond acceptors (Lipinski definition) is 2. The van der Waals surface area contributed by atoms with Crippen molar-refractivity contribution >= 4 is 0 Å². The van der Waals surface area contributed by atoms with Crippen molar-refractivity contribution < 1.29 is 4.39 Å². The molecule has 2 rings (SSSR count). The first-order chi connectivity index (χ1) is 6.50. The predicted molar refractivity (Wildman–Crippen MR) is 53.0 cm³/mol. The normalized spacial score (nSPS) is 30.8. The standard InChI is InChI=1S/C11H15FN2/c1-7(2)9-4-5-13-10(14-9)8-6-11(8,3)12/h4-5,7-8H,6H2,1-3H3/t8-,11?/m0/s1. The van der Waals surface area contributed by atoms with Crippen molar-refractivity contribution in [3.8, 4) is 0 Å². The molecule has 1 heterocycles. The molecule has 0 spiro atoms. The molecule has 2 atom stereocenters. The van der Waals surface area contributed by atoms with Gasteiger partial charge in [-0.15, -0.1) is 0 Å². The first-order valence-electron chi connectivity index (χ1n) is 5.02. The number of hydrogen-bond donors (Lipinski definition) is 0. The molecule has 2 nitrogen and oxygen atoms in total. The smallest absolute Gasteiger partial charge is 0.134 e. The first-order valence-corrected chi connectivity index (χ1v) is 5.02. The minimum absolute atomic E-state index is 0.0822. The summed E-state index contributed by atoms with van der Waals surface area (Å²) in [6.07, 6.45) is 2.29. The summed E-state index contributed by atoms with van der Waals surface area (Å²) in [7, 11) is 0. The Hall–Kier alpha value is -0.990. The van der Waals surface area contributed by atoms with Crippen LogP contribution in [-0.4, -0.2) is 15.6 Å². The van der Waals surface area contributed by atoms with Gasteiger partial charge in [0, 0.05) is 11.9 Å². The summed E-state index contributed by atoms with van der Waals surface area (Å²) in [5.41, 5.74) is -0.0759. The molecule has 0 bridgehead atoms. The van der Waals surface area contributed by atoms with E-state index in [-0.39, 0.29) is 5.92 Å². The van der Waals surface area contributed by atoms with Gasteiger partial charge in [-0.3, -0.25) is 0 Å². The molecule has 0 radical (unpaired) electrons. The Kier molecular flexibility index (Phi) is 2.05. The minimum atomic E-state index is -1.07. The molecule has 0 N–H and O–H groups in total. The fourth-order valence-electron chi connectivity index (χ4n) is 1.58. The third-order valence-corrected chi connectivity index (χ3v) is 2.77. The van der Waals surface area contributed by atoms with Gasteiger partial charge >= 0.3 is 0 Å². The van der Waals surface area contributed by atoms with Crippen molar-refractivity contribution in [3.63, 3.8) is 0 Å². The Morgan fingerprint density at radius 3 is 2.71 bits per heavy atom. The van der Waals surface area contributed by atoms with Crippen LogP contribution >= 0.6 is 0 Å². The van der Waals surface area contributed by atoms with Crippen molar-refractivity contribution in [2.45, 2.75) is 44.7 Å². The van der Waals surface area contributed by atoms with Crippen LogP contribution in [0.15, 0.2) is 12.3 Å². The van der Waals surface area contributed by atoms with Crippen molar-refractivity contribution in [1.29, 1.82) is 0 Å². The molecule has 1 aromatic rings. The van der Waals surface area contributed by atoms with Gasteiger partial charge in [-0.1, -0.05) is 13.8 Å². The van der Waals surface area contributed by atoms with Crippen LogP contribution in [0, 0.1) is 0 Å². The third-order valence-electron chi connectivity index (χ3n) is 2.77. The van der Waals surface area contributed by atoms with Crippen LogP contribution in [0.2, 0.25) is 0 Å². The van der Waals surface area contributed by atoms with Gasteiger partial charge in [0.25, 0.3) is 0 Å². The zero-order valence-corrected chi connectivity index (χ0v) is 8.79. The molecule has 0 aliphatic heterocycles. The van der Waals surface area contributed by atoms with E-state index in [4.69, 9.17) is 0 Å². The van der Waals surface area contributed by atoms with Crippen LogP contribution in [0.25, 0.3) is 0 Å². The lowest BCUT2D eigenvalue weighted by Crippen LogP contribution is -2.03.